The van der Waals surface area contributed by atoms with Crippen LogP contribution in [0.2, 0.25) is 0 Å². The van der Waals surface area contributed by atoms with Crippen molar-refractivity contribution >= 4 is 6.16 Å². The molecule has 0 saturated carbocycles. The van der Waals surface area contributed by atoms with Gasteiger partial charge in [0.15, 0.2) is 0 Å². The molecule has 0 aromatic heterocycles. The third-order valence-electron chi connectivity index (χ3n) is 3.86. The van der Waals surface area contributed by atoms with E-state index >= 15 is 0 Å². The maximum atomic E-state index is 11.3. The molecule has 132 valence electrons. The van der Waals surface area contributed by atoms with Gasteiger partial charge in [0, 0.05) is 0 Å². The van der Waals surface area contributed by atoms with Crippen LogP contribution in [0.15, 0.2) is 0 Å². The van der Waals surface area contributed by atoms with Crippen LogP contribution in [0.1, 0.15) is 97.8 Å². The highest BCUT2D eigenvalue weighted by atomic mass is 16.7. The predicted octanol–water partition coefficient (Wildman–Crippen LogP) is 6.50. The van der Waals surface area contributed by atoms with Crippen LogP contribution in [0, 0.1) is 5.92 Å². The third-order valence-corrected chi connectivity index (χ3v) is 3.86. The lowest BCUT2D eigenvalue weighted by Gasteiger charge is -2.07. The van der Waals surface area contributed by atoms with Crippen LogP contribution in [0.3, 0.4) is 0 Å². The minimum absolute atomic E-state index is 0.494. The first kappa shape index (κ1) is 21.3. The smallest absolute Gasteiger partial charge is 0.434 e. The molecule has 0 saturated heterocycles. The second-order valence-corrected chi connectivity index (χ2v) is 6.66. The van der Waals surface area contributed by atoms with Gasteiger partial charge >= 0.3 is 6.16 Å². The van der Waals surface area contributed by atoms with Crippen molar-refractivity contribution in [1.82, 2.24) is 0 Å². The number of unbranched alkanes of at least 4 members (excludes halogenated alkanes) is 9. The Kier molecular flexibility index (Phi) is 16.1. The zero-order valence-corrected chi connectivity index (χ0v) is 15.2. The fourth-order valence-electron chi connectivity index (χ4n) is 2.42. The van der Waals surface area contributed by atoms with E-state index in [1.54, 1.807) is 0 Å². The van der Waals surface area contributed by atoms with Crippen LogP contribution >= 0.6 is 0 Å². The highest BCUT2D eigenvalue weighted by Crippen LogP contribution is 2.09. The van der Waals surface area contributed by atoms with Crippen LogP contribution < -0.4 is 0 Å². The van der Waals surface area contributed by atoms with Gasteiger partial charge < -0.3 is 9.47 Å². The molecule has 0 aliphatic heterocycles. The molecule has 0 fully saturated rings. The molecule has 0 N–H and O–H groups in total. The van der Waals surface area contributed by atoms with Crippen molar-refractivity contribution in [2.24, 2.45) is 5.92 Å². The Morgan fingerprint density at radius 2 is 1.18 bits per heavy atom. The summed E-state index contributed by atoms with van der Waals surface area (Å²) in [5.41, 5.74) is 0. The lowest BCUT2D eigenvalue weighted by Crippen LogP contribution is -2.09. The van der Waals surface area contributed by atoms with Gasteiger partial charge in [-0.05, 0) is 18.8 Å². The maximum absolute atomic E-state index is 11.3. The lowest BCUT2D eigenvalue weighted by molar-refractivity contribution is 0.0528. The first-order valence-corrected chi connectivity index (χ1v) is 9.46. The molecule has 0 aliphatic rings. The molecule has 0 aromatic rings. The molecular weight excluding hydrogens is 276 g/mol. The van der Waals surface area contributed by atoms with Crippen LogP contribution in [0.25, 0.3) is 0 Å². The molecule has 0 aliphatic carbocycles. The van der Waals surface area contributed by atoms with Crippen molar-refractivity contribution in [3.8, 4) is 0 Å². The van der Waals surface area contributed by atoms with Crippen LogP contribution in [0.5, 0.6) is 0 Å². The fourth-order valence-corrected chi connectivity index (χ4v) is 2.42. The molecule has 0 unspecified atom stereocenters. The molecule has 22 heavy (non-hydrogen) atoms. The molecule has 0 bridgehead atoms. The van der Waals surface area contributed by atoms with Gasteiger partial charge in [0.05, 0.1) is 13.2 Å². The van der Waals surface area contributed by atoms with Crippen molar-refractivity contribution in [3.63, 3.8) is 0 Å². The summed E-state index contributed by atoms with van der Waals surface area (Å²) in [6.07, 6.45) is 14.1. The summed E-state index contributed by atoms with van der Waals surface area (Å²) >= 11 is 0. The van der Waals surface area contributed by atoms with Gasteiger partial charge in [-0.2, -0.15) is 0 Å². The van der Waals surface area contributed by atoms with Crippen molar-refractivity contribution < 1.29 is 14.3 Å². The number of rotatable bonds is 15. The molecule has 0 aromatic carbocycles. The van der Waals surface area contributed by atoms with Crippen molar-refractivity contribution in [1.29, 1.82) is 0 Å². The molecule has 0 radical (unpaired) electrons. The van der Waals surface area contributed by atoms with Crippen molar-refractivity contribution in [3.05, 3.63) is 0 Å². The zero-order valence-electron chi connectivity index (χ0n) is 15.2. The highest BCUT2D eigenvalue weighted by molar-refractivity contribution is 5.59. The molecule has 0 spiro atoms. The standard InChI is InChI=1S/C19H38O3/c1-4-5-6-7-8-9-10-13-16-21-19(20)22-17-14-11-12-15-18(2)3/h18H,4-17H2,1-3H3. The monoisotopic (exact) mass is 314 g/mol. The summed E-state index contributed by atoms with van der Waals surface area (Å²) < 4.78 is 10.1. The second kappa shape index (κ2) is 16.6. The number of hydrogen-bond acceptors (Lipinski definition) is 3. The molecule has 0 atom stereocenters. The summed E-state index contributed by atoms with van der Waals surface area (Å²) in [6.45, 7) is 7.70. The van der Waals surface area contributed by atoms with Gasteiger partial charge in [0.1, 0.15) is 0 Å². The van der Waals surface area contributed by atoms with Crippen LogP contribution in [-0.2, 0) is 9.47 Å². The minimum Gasteiger partial charge on any atom is -0.434 e. The van der Waals surface area contributed by atoms with E-state index in [0.717, 1.165) is 31.6 Å². The Balaban J connectivity index is 3.16. The average molecular weight is 315 g/mol. The van der Waals surface area contributed by atoms with Gasteiger partial charge in [0.25, 0.3) is 0 Å². The van der Waals surface area contributed by atoms with Gasteiger partial charge in [-0.15, -0.1) is 0 Å². The van der Waals surface area contributed by atoms with Crippen molar-refractivity contribution in [2.45, 2.75) is 97.8 Å². The molecular formula is C19H38O3. The lowest BCUT2D eigenvalue weighted by atomic mass is 10.1. The normalized spacial score (nSPS) is 10.9. The third kappa shape index (κ3) is 17.3. The number of carbonyl (C=O) groups excluding carboxylic acids is 1. The molecule has 0 rings (SSSR count). The molecule has 3 heteroatoms. The Hall–Kier alpha value is -0.730. The van der Waals surface area contributed by atoms with E-state index in [9.17, 15) is 4.79 Å². The summed E-state index contributed by atoms with van der Waals surface area (Å²) in [5.74, 6) is 0.762. The predicted molar refractivity (Wildman–Crippen MR) is 93.2 cm³/mol. The summed E-state index contributed by atoms with van der Waals surface area (Å²) in [4.78, 5) is 11.3. The summed E-state index contributed by atoms with van der Waals surface area (Å²) in [7, 11) is 0. The van der Waals surface area contributed by atoms with E-state index in [4.69, 9.17) is 9.47 Å². The Bertz CT molecular complexity index is 239. The Labute approximate surface area is 138 Å². The number of carbonyl (C=O) groups is 1. The quantitative estimate of drug-likeness (QED) is 0.256. The largest absolute Gasteiger partial charge is 0.508 e. The second-order valence-electron chi connectivity index (χ2n) is 6.66. The van der Waals surface area contributed by atoms with E-state index in [-0.39, 0.29) is 0 Å². The number of ether oxygens (including phenoxy) is 2. The van der Waals surface area contributed by atoms with E-state index < -0.39 is 6.16 Å². The van der Waals surface area contributed by atoms with Gasteiger partial charge in [0.2, 0.25) is 0 Å². The average Bonchev–Trinajstić information content (AvgIpc) is 2.48. The van der Waals surface area contributed by atoms with E-state index in [2.05, 4.69) is 20.8 Å². The zero-order chi connectivity index (χ0) is 16.5. The van der Waals surface area contributed by atoms with Gasteiger partial charge in [-0.3, -0.25) is 0 Å². The van der Waals surface area contributed by atoms with E-state index in [0.29, 0.717) is 13.2 Å². The van der Waals surface area contributed by atoms with Crippen LogP contribution in [0.4, 0.5) is 4.79 Å². The van der Waals surface area contributed by atoms with Crippen LogP contribution in [-0.4, -0.2) is 19.4 Å². The van der Waals surface area contributed by atoms with Gasteiger partial charge in [-0.1, -0.05) is 85.0 Å². The first-order valence-electron chi connectivity index (χ1n) is 9.46. The first-order chi connectivity index (χ1) is 10.7. The summed E-state index contributed by atoms with van der Waals surface area (Å²) in [5, 5.41) is 0. The minimum atomic E-state index is -0.494. The molecule has 3 nitrogen and oxygen atoms in total. The number of hydrogen-bond donors (Lipinski definition) is 0. The summed E-state index contributed by atoms with van der Waals surface area (Å²) in [6, 6.07) is 0. The maximum Gasteiger partial charge on any atom is 0.508 e. The highest BCUT2D eigenvalue weighted by Gasteiger charge is 2.03. The SMILES string of the molecule is CCCCCCCCCCOC(=O)OCCCCCC(C)C. The molecule has 0 amide bonds. The van der Waals surface area contributed by atoms with E-state index in [1.165, 1.54) is 51.4 Å². The topological polar surface area (TPSA) is 35.5 Å². The fraction of sp³-hybridized carbons (Fsp3) is 0.947. The Morgan fingerprint density at radius 1 is 0.727 bits per heavy atom. The molecule has 0 heterocycles. The van der Waals surface area contributed by atoms with Crippen molar-refractivity contribution in [2.75, 3.05) is 13.2 Å². The van der Waals surface area contributed by atoms with E-state index in [1.807, 2.05) is 0 Å². The Morgan fingerprint density at radius 3 is 1.68 bits per heavy atom. The van der Waals surface area contributed by atoms with Gasteiger partial charge in [-0.25, -0.2) is 4.79 Å².